The number of halogens is 1. The molecule has 0 spiro atoms. The molecule has 0 aliphatic heterocycles. The van der Waals surface area contributed by atoms with Crippen molar-refractivity contribution in [3.8, 4) is 5.75 Å². The normalized spacial score (nSPS) is 25.2. The predicted octanol–water partition coefficient (Wildman–Crippen LogP) is 4.01. The molecule has 0 aromatic heterocycles. The molecule has 1 atom stereocenters. The Bertz CT molecular complexity index is 413. The van der Waals surface area contributed by atoms with Crippen molar-refractivity contribution in [2.75, 3.05) is 6.54 Å². The van der Waals surface area contributed by atoms with Crippen LogP contribution in [0.25, 0.3) is 0 Å². The van der Waals surface area contributed by atoms with Crippen LogP contribution in [-0.2, 0) is 0 Å². The third kappa shape index (κ3) is 3.93. The fraction of sp³-hybridized carbons (Fsp3) is 0.625. The number of phenols is 1. The van der Waals surface area contributed by atoms with Crippen LogP contribution >= 0.6 is 0 Å². The first-order chi connectivity index (χ1) is 9.06. The smallest absolute Gasteiger partial charge is 0.131 e. The summed E-state index contributed by atoms with van der Waals surface area (Å²) in [5.41, 5.74) is 0.627. The zero-order chi connectivity index (χ0) is 13.8. The van der Waals surface area contributed by atoms with Gasteiger partial charge in [-0.2, -0.15) is 0 Å². The molecule has 1 unspecified atom stereocenters. The molecule has 1 aromatic carbocycles. The third-order valence-corrected chi connectivity index (χ3v) is 4.30. The van der Waals surface area contributed by atoms with Crippen LogP contribution in [0.4, 0.5) is 4.39 Å². The van der Waals surface area contributed by atoms with Crippen LogP contribution in [0.1, 0.15) is 51.1 Å². The lowest BCUT2D eigenvalue weighted by molar-refractivity contribution is 0.275. The lowest BCUT2D eigenvalue weighted by Crippen LogP contribution is -2.28. The average molecular weight is 265 g/mol. The largest absolute Gasteiger partial charge is 0.508 e. The summed E-state index contributed by atoms with van der Waals surface area (Å²) in [5, 5.41) is 12.6. The summed E-state index contributed by atoms with van der Waals surface area (Å²) >= 11 is 0. The zero-order valence-electron chi connectivity index (χ0n) is 11.8. The second-order valence-electron chi connectivity index (χ2n) is 5.96. The molecule has 0 radical (unpaired) electrons. The zero-order valence-corrected chi connectivity index (χ0v) is 11.8. The van der Waals surface area contributed by atoms with E-state index in [0.717, 1.165) is 18.4 Å². The maximum Gasteiger partial charge on any atom is 0.131 e. The molecule has 0 saturated heterocycles. The first kappa shape index (κ1) is 14.3. The number of nitrogens with one attached hydrogen (secondary N) is 1. The van der Waals surface area contributed by atoms with Gasteiger partial charge in [0.25, 0.3) is 0 Å². The van der Waals surface area contributed by atoms with E-state index in [2.05, 4.69) is 12.2 Å². The van der Waals surface area contributed by atoms with E-state index in [0.29, 0.717) is 5.56 Å². The molecule has 3 heteroatoms. The second-order valence-corrected chi connectivity index (χ2v) is 5.96. The quantitative estimate of drug-likeness (QED) is 0.862. The standard InChI is InChI=1S/C16H24FNO/c1-11-3-5-13(6-4-11)10-18-12(2)15-8-7-14(19)9-16(15)17/h7-9,11-13,18-19H,3-6,10H2,1-2H3. The van der Waals surface area contributed by atoms with Crippen LogP contribution < -0.4 is 5.32 Å². The number of hydrogen-bond donors (Lipinski definition) is 2. The highest BCUT2D eigenvalue weighted by Crippen LogP contribution is 2.28. The minimum atomic E-state index is -0.336. The van der Waals surface area contributed by atoms with E-state index in [1.54, 1.807) is 12.1 Å². The van der Waals surface area contributed by atoms with Crippen molar-refractivity contribution in [1.29, 1.82) is 0 Å². The summed E-state index contributed by atoms with van der Waals surface area (Å²) in [4.78, 5) is 0. The number of hydrogen-bond acceptors (Lipinski definition) is 2. The highest BCUT2D eigenvalue weighted by molar-refractivity contribution is 5.29. The Morgan fingerprint density at radius 2 is 2.00 bits per heavy atom. The molecule has 2 rings (SSSR count). The van der Waals surface area contributed by atoms with Gasteiger partial charge in [-0.3, -0.25) is 0 Å². The summed E-state index contributed by atoms with van der Waals surface area (Å²) < 4.78 is 13.7. The monoisotopic (exact) mass is 265 g/mol. The Morgan fingerprint density at radius 3 is 2.63 bits per heavy atom. The lowest BCUT2D eigenvalue weighted by atomic mass is 9.83. The van der Waals surface area contributed by atoms with Gasteiger partial charge in [0.15, 0.2) is 0 Å². The second kappa shape index (κ2) is 6.38. The van der Waals surface area contributed by atoms with Crippen molar-refractivity contribution in [1.82, 2.24) is 5.32 Å². The van der Waals surface area contributed by atoms with Crippen LogP contribution in [0.2, 0.25) is 0 Å². The van der Waals surface area contributed by atoms with Crippen LogP contribution in [0, 0.1) is 17.7 Å². The van der Waals surface area contributed by atoms with E-state index in [1.807, 2.05) is 6.92 Å². The van der Waals surface area contributed by atoms with Gasteiger partial charge in [-0.1, -0.05) is 25.8 Å². The molecule has 1 aromatic rings. The van der Waals surface area contributed by atoms with Crippen molar-refractivity contribution >= 4 is 0 Å². The summed E-state index contributed by atoms with van der Waals surface area (Å²) in [6, 6.07) is 4.36. The molecular weight excluding hydrogens is 241 g/mol. The van der Waals surface area contributed by atoms with Crippen LogP contribution in [0.5, 0.6) is 5.75 Å². The van der Waals surface area contributed by atoms with Crippen LogP contribution in [0.3, 0.4) is 0 Å². The van der Waals surface area contributed by atoms with Crippen molar-refractivity contribution in [3.63, 3.8) is 0 Å². The van der Waals surface area contributed by atoms with Gasteiger partial charge < -0.3 is 10.4 Å². The van der Waals surface area contributed by atoms with Gasteiger partial charge in [0.05, 0.1) is 0 Å². The van der Waals surface area contributed by atoms with Gasteiger partial charge in [0, 0.05) is 17.7 Å². The molecule has 1 aliphatic carbocycles. The maximum atomic E-state index is 13.7. The summed E-state index contributed by atoms with van der Waals surface area (Å²) in [6.45, 7) is 5.24. The summed E-state index contributed by atoms with van der Waals surface area (Å²) in [6.07, 6.45) is 5.18. The molecule has 106 valence electrons. The van der Waals surface area contributed by atoms with E-state index in [-0.39, 0.29) is 17.6 Å². The summed E-state index contributed by atoms with van der Waals surface area (Å²) in [5.74, 6) is 1.23. The fourth-order valence-corrected chi connectivity index (χ4v) is 2.85. The highest BCUT2D eigenvalue weighted by Gasteiger charge is 2.19. The van der Waals surface area contributed by atoms with E-state index < -0.39 is 0 Å². The Kier molecular flexibility index (Phi) is 4.81. The molecule has 2 nitrogen and oxygen atoms in total. The van der Waals surface area contributed by atoms with Gasteiger partial charge in [-0.15, -0.1) is 0 Å². The van der Waals surface area contributed by atoms with E-state index in [1.165, 1.54) is 31.7 Å². The Hall–Kier alpha value is -1.09. The van der Waals surface area contributed by atoms with E-state index >= 15 is 0 Å². The van der Waals surface area contributed by atoms with Crippen molar-refractivity contribution in [2.45, 2.75) is 45.6 Å². The van der Waals surface area contributed by atoms with Gasteiger partial charge in [-0.25, -0.2) is 4.39 Å². The van der Waals surface area contributed by atoms with Crippen molar-refractivity contribution < 1.29 is 9.50 Å². The molecule has 19 heavy (non-hydrogen) atoms. The molecule has 1 saturated carbocycles. The van der Waals surface area contributed by atoms with Gasteiger partial charge in [0.1, 0.15) is 11.6 Å². The van der Waals surface area contributed by atoms with Crippen LogP contribution in [0.15, 0.2) is 18.2 Å². The SMILES string of the molecule is CC1CCC(CNC(C)c2ccc(O)cc2F)CC1. The lowest BCUT2D eigenvalue weighted by Gasteiger charge is -2.27. The molecule has 0 heterocycles. The van der Waals surface area contributed by atoms with E-state index in [4.69, 9.17) is 0 Å². The molecular formula is C16H24FNO. The molecule has 2 N–H and O–H groups in total. The fourth-order valence-electron chi connectivity index (χ4n) is 2.85. The number of phenolic OH excluding ortho intramolecular Hbond substituents is 1. The summed E-state index contributed by atoms with van der Waals surface area (Å²) in [7, 11) is 0. The Labute approximate surface area is 115 Å². The third-order valence-electron chi connectivity index (χ3n) is 4.30. The average Bonchev–Trinajstić information content (AvgIpc) is 2.37. The molecule has 1 fully saturated rings. The van der Waals surface area contributed by atoms with Crippen molar-refractivity contribution in [2.24, 2.45) is 11.8 Å². The van der Waals surface area contributed by atoms with Gasteiger partial charge in [-0.05, 0) is 44.2 Å². The molecule has 0 amide bonds. The van der Waals surface area contributed by atoms with Gasteiger partial charge in [0.2, 0.25) is 0 Å². The maximum absolute atomic E-state index is 13.7. The first-order valence-corrected chi connectivity index (χ1v) is 7.28. The molecule has 0 bridgehead atoms. The van der Waals surface area contributed by atoms with Gasteiger partial charge >= 0.3 is 0 Å². The minimum absolute atomic E-state index is 0.0139. The van der Waals surface area contributed by atoms with Crippen LogP contribution in [-0.4, -0.2) is 11.7 Å². The highest BCUT2D eigenvalue weighted by atomic mass is 19.1. The Balaban J connectivity index is 1.85. The van der Waals surface area contributed by atoms with Crippen molar-refractivity contribution in [3.05, 3.63) is 29.6 Å². The predicted molar refractivity (Wildman–Crippen MR) is 75.6 cm³/mol. The number of aromatic hydroxyl groups is 1. The topological polar surface area (TPSA) is 32.3 Å². The minimum Gasteiger partial charge on any atom is -0.508 e. The van der Waals surface area contributed by atoms with E-state index in [9.17, 15) is 9.50 Å². The Morgan fingerprint density at radius 1 is 1.32 bits per heavy atom. The first-order valence-electron chi connectivity index (χ1n) is 7.28. The molecule has 1 aliphatic rings. The number of rotatable bonds is 4. The number of benzene rings is 1.